The molecule has 2 aliphatic rings. The lowest BCUT2D eigenvalue weighted by Gasteiger charge is -2.50. The zero-order chi connectivity index (χ0) is 7.03. The zero-order valence-corrected chi connectivity index (χ0v) is 6.31. The predicted molar refractivity (Wildman–Crippen MR) is 39.4 cm³/mol. The summed E-state index contributed by atoms with van der Waals surface area (Å²) in [4.78, 5) is 2.14. The second-order valence-corrected chi connectivity index (χ2v) is 3.60. The van der Waals surface area contributed by atoms with Crippen molar-refractivity contribution < 1.29 is 4.74 Å². The Hall–Kier alpha value is -0.0800. The third-order valence-electron chi connectivity index (χ3n) is 2.67. The van der Waals surface area contributed by atoms with Crippen molar-refractivity contribution in [3.8, 4) is 0 Å². The Bertz CT molecular complexity index is 114. The molecule has 2 rings (SSSR count). The summed E-state index contributed by atoms with van der Waals surface area (Å²) in [5.41, 5.74) is 0.611. The van der Waals surface area contributed by atoms with Gasteiger partial charge >= 0.3 is 0 Å². The van der Waals surface area contributed by atoms with Crippen molar-refractivity contribution in [1.29, 1.82) is 0 Å². The van der Waals surface area contributed by atoms with Crippen LogP contribution in [0.4, 0.5) is 0 Å². The van der Waals surface area contributed by atoms with Crippen molar-refractivity contribution >= 4 is 0 Å². The van der Waals surface area contributed by atoms with E-state index in [1.807, 2.05) is 0 Å². The van der Waals surface area contributed by atoms with Crippen LogP contribution in [0.25, 0.3) is 0 Å². The molecular weight excluding hydrogens is 126 g/mol. The lowest BCUT2D eigenvalue weighted by atomic mass is 9.74. The fourth-order valence-electron chi connectivity index (χ4n) is 2.02. The van der Waals surface area contributed by atoms with E-state index in [4.69, 9.17) is 4.74 Å². The van der Waals surface area contributed by atoms with E-state index < -0.39 is 0 Å². The molecule has 0 bridgehead atoms. The van der Waals surface area contributed by atoms with E-state index in [2.05, 4.69) is 11.9 Å². The number of hydrogen-bond acceptors (Lipinski definition) is 2. The van der Waals surface area contributed by atoms with Crippen molar-refractivity contribution in [3.63, 3.8) is 0 Å². The summed E-state index contributed by atoms with van der Waals surface area (Å²) in [7, 11) is 3.89. The van der Waals surface area contributed by atoms with E-state index in [1.165, 1.54) is 25.9 Å². The average molecular weight is 140 g/mol. The quantitative estimate of drug-likeness (QED) is 0.495. The number of rotatable bonds is 0. The minimum Gasteiger partial charge on any atom is -0.381 e. The molecule has 1 radical (unpaired) electrons. The van der Waals surface area contributed by atoms with Gasteiger partial charge in [0.1, 0.15) is 0 Å². The number of hydrogen-bond donors (Lipinski definition) is 0. The molecule has 2 nitrogen and oxygen atoms in total. The van der Waals surface area contributed by atoms with Gasteiger partial charge in [-0.3, -0.25) is 0 Å². The molecule has 1 spiro atoms. The van der Waals surface area contributed by atoms with Crippen LogP contribution in [-0.4, -0.2) is 31.2 Å². The first-order chi connectivity index (χ1) is 4.81. The Morgan fingerprint density at radius 1 is 1.20 bits per heavy atom. The molecule has 0 amide bonds. The Kier molecular flexibility index (Phi) is 1.46. The summed E-state index contributed by atoms with van der Waals surface area (Å²) in [6.45, 7) is 4.31. The van der Waals surface area contributed by atoms with Gasteiger partial charge in [-0.1, -0.05) is 0 Å². The van der Waals surface area contributed by atoms with E-state index in [-0.39, 0.29) is 0 Å². The molecule has 57 valence electrons. The van der Waals surface area contributed by atoms with Crippen LogP contribution in [0.15, 0.2) is 0 Å². The van der Waals surface area contributed by atoms with Gasteiger partial charge in [0.25, 0.3) is 0 Å². The maximum Gasteiger partial charge on any atom is 0.0472 e. The molecule has 2 heteroatoms. The van der Waals surface area contributed by atoms with Gasteiger partial charge in [0, 0.05) is 38.8 Å². The molecule has 0 saturated carbocycles. The first-order valence-electron chi connectivity index (χ1n) is 3.94. The highest BCUT2D eigenvalue weighted by atomic mass is 16.5. The second-order valence-electron chi connectivity index (χ2n) is 3.60. The summed E-state index contributed by atoms with van der Waals surface area (Å²) in [6.07, 6.45) is 2.50. The smallest absolute Gasteiger partial charge is 0.0472 e. The minimum atomic E-state index is 0.611. The van der Waals surface area contributed by atoms with E-state index >= 15 is 0 Å². The first-order valence-corrected chi connectivity index (χ1v) is 3.94. The minimum absolute atomic E-state index is 0.611. The normalized spacial score (nSPS) is 32.1. The van der Waals surface area contributed by atoms with Crippen LogP contribution in [-0.2, 0) is 4.74 Å². The van der Waals surface area contributed by atoms with Crippen LogP contribution in [0.3, 0.4) is 0 Å². The van der Waals surface area contributed by atoms with Gasteiger partial charge in [-0.2, -0.15) is 0 Å². The molecule has 2 aliphatic heterocycles. The van der Waals surface area contributed by atoms with Gasteiger partial charge < -0.3 is 9.64 Å². The molecular formula is C8H14NO. The predicted octanol–water partition coefficient (Wildman–Crippen LogP) is 0.890. The third-order valence-corrected chi connectivity index (χ3v) is 2.67. The van der Waals surface area contributed by atoms with Crippen LogP contribution in [0.1, 0.15) is 12.8 Å². The van der Waals surface area contributed by atoms with Crippen LogP contribution >= 0.6 is 0 Å². The highest BCUT2D eigenvalue weighted by molar-refractivity contribution is 4.95. The topological polar surface area (TPSA) is 12.5 Å². The molecule has 0 N–H and O–H groups in total. The third kappa shape index (κ3) is 0.956. The van der Waals surface area contributed by atoms with Crippen molar-refractivity contribution in [2.45, 2.75) is 12.8 Å². The average Bonchev–Trinajstić information content (AvgIpc) is 1.87. The SMILES string of the molecule is [CH2]N1CC2(CCOCC2)C1. The second kappa shape index (κ2) is 2.21. The molecule has 0 aliphatic carbocycles. The van der Waals surface area contributed by atoms with Crippen LogP contribution in [0, 0.1) is 12.5 Å². The number of nitrogens with zero attached hydrogens (tertiary/aromatic N) is 1. The van der Waals surface area contributed by atoms with Gasteiger partial charge in [-0.15, -0.1) is 0 Å². The molecule has 2 fully saturated rings. The monoisotopic (exact) mass is 140 g/mol. The largest absolute Gasteiger partial charge is 0.381 e. The molecule has 0 atom stereocenters. The lowest BCUT2D eigenvalue weighted by molar-refractivity contribution is -0.0626. The molecule has 10 heavy (non-hydrogen) atoms. The Balaban J connectivity index is 1.90. The van der Waals surface area contributed by atoms with Gasteiger partial charge in [0.05, 0.1) is 0 Å². The summed E-state index contributed by atoms with van der Waals surface area (Å²) < 4.78 is 5.30. The standard InChI is InChI=1S/C8H14NO/c1-9-6-8(7-9)2-4-10-5-3-8/h1-7H2. The molecule has 2 saturated heterocycles. The van der Waals surface area contributed by atoms with Crippen LogP contribution in [0.5, 0.6) is 0 Å². The molecule has 0 aromatic carbocycles. The summed E-state index contributed by atoms with van der Waals surface area (Å²) in [6, 6.07) is 0. The molecule has 2 heterocycles. The van der Waals surface area contributed by atoms with E-state index in [9.17, 15) is 0 Å². The van der Waals surface area contributed by atoms with Crippen LogP contribution in [0.2, 0.25) is 0 Å². The molecule has 0 aromatic rings. The van der Waals surface area contributed by atoms with Gasteiger partial charge in [0.2, 0.25) is 0 Å². The fraction of sp³-hybridized carbons (Fsp3) is 0.875. The molecule has 0 unspecified atom stereocenters. The maximum absolute atomic E-state index is 5.30. The van der Waals surface area contributed by atoms with E-state index in [0.29, 0.717) is 5.41 Å². The van der Waals surface area contributed by atoms with Gasteiger partial charge in [-0.25, -0.2) is 0 Å². The van der Waals surface area contributed by atoms with Crippen molar-refractivity contribution in [3.05, 3.63) is 7.05 Å². The van der Waals surface area contributed by atoms with Crippen molar-refractivity contribution in [2.75, 3.05) is 26.3 Å². The summed E-state index contributed by atoms with van der Waals surface area (Å²) in [5, 5.41) is 0. The number of likely N-dealkylation sites (tertiary alicyclic amines) is 1. The molecule has 0 aromatic heterocycles. The number of ether oxygens (including phenoxy) is 1. The lowest BCUT2D eigenvalue weighted by Crippen LogP contribution is -2.55. The highest BCUT2D eigenvalue weighted by Crippen LogP contribution is 2.38. The maximum atomic E-state index is 5.30. The van der Waals surface area contributed by atoms with E-state index in [1.54, 1.807) is 0 Å². The Morgan fingerprint density at radius 2 is 1.80 bits per heavy atom. The zero-order valence-electron chi connectivity index (χ0n) is 6.31. The Morgan fingerprint density at radius 3 is 2.30 bits per heavy atom. The highest BCUT2D eigenvalue weighted by Gasteiger charge is 2.41. The summed E-state index contributed by atoms with van der Waals surface area (Å²) >= 11 is 0. The summed E-state index contributed by atoms with van der Waals surface area (Å²) in [5.74, 6) is 0. The fourth-order valence-corrected chi connectivity index (χ4v) is 2.02. The first kappa shape index (κ1) is 6.62. The van der Waals surface area contributed by atoms with Crippen LogP contribution < -0.4 is 0 Å². The Labute approximate surface area is 62.2 Å². The van der Waals surface area contributed by atoms with Gasteiger partial charge in [-0.05, 0) is 12.8 Å². The van der Waals surface area contributed by atoms with Crippen molar-refractivity contribution in [1.82, 2.24) is 4.90 Å². The van der Waals surface area contributed by atoms with Gasteiger partial charge in [0.15, 0.2) is 0 Å². The van der Waals surface area contributed by atoms with E-state index in [0.717, 1.165) is 13.2 Å². The van der Waals surface area contributed by atoms with Crippen molar-refractivity contribution in [2.24, 2.45) is 5.41 Å².